The first-order valence-electron chi connectivity index (χ1n) is 9.50. The van der Waals surface area contributed by atoms with Crippen molar-refractivity contribution >= 4 is 17.5 Å². The third-order valence-corrected chi connectivity index (χ3v) is 5.30. The van der Waals surface area contributed by atoms with Crippen LogP contribution in [0.4, 0.5) is 11.6 Å². The normalized spacial score (nSPS) is 17.3. The lowest BCUT2D eigenvalue weighted by molar-refractivity contribution is 0.0746. The highest BCUT2D eigenvalue weighted by molar-refractivity contribution is 5.94. The van der Waals surface area contributed by atoms with Gasteiger partial charge in [0.05, 0.1) is 7.11 Å². The summed E-state index contributed by atoms with van der Waals surface area (Å²) in [5.41, 5.74) is 0.697. The van der Waals surface area contributed by atoms with Gasteiger partial charge >= 0.3 is 0 Å². The standard InChI is InChI=1S/C20H25N5O2/c1-27-17-6-4-16(5-7-17)20(26)25-12-10-24(11-13-25)19-14-18(21-15-22-19)23-8-2-3-9-23/h4-7,14-15H,2-3,8-13H2,1H3. The van der Waals surface area contributed by atoms with Crippen molar-refractivity contribution in [3.63, 3.8) is 0 Å². The first-order chi connectivity index (χ1) is 13.2. The predicted octanol–water partition coefficient (Wildman–Crippen LogP) is 2.05. The Bertz CT molecular complexity index is 781. The van der Waals surface area contributed by atoms with E-state index >= 15 is 0 Å². The van der Waals surface area contributed by atoms with E-state index in [1.165, 1.54) is 12.8 Å². The Hall–Kier alpha value is -2.83. The maximum absolute atomic E-state index is 12.7. The molecule has 1 amide bonds. The molecule has 7 nitrogen and oxygen atoms in total. The first kappa shape index (κ1) is 17.6. The van der Waals surface area contributed by atoms with Gasteiger partial charge in [0.15, 0.2) is 0 Å². The third kappa shape index (κ3) is 3.82. The van der Waals surface area contributed by atoms with Crippen LogP contribution in [0.3, 0.4) is 0 Å². The van der Waals surface area contributed by atoms with Crippen molar-refractivity contribution < 1.29 is 9.53 Å². The van der Waals surface area contributed by atoms with Gasteiger partial charge < -0.3 is 19.4 Å². The van der Waals surface area contributed by atoms with E-state index in [0.29, 0.717) is 18.7 Å². The molecule has 0 N–H and O–H groups in total. The quantitative estimate of drug-likeness (QED) is 0.824. The van der Waals surface area contributed by atoms with Crippen molar-refractivity contribution in [2.24, 2.45) is 0 Å². The van der Waals surface area contributed by atoms with Crippen LogP contribution in [-0.2, 0) is 0 Å². The zero-order valence-electron chi connectivity index (χ0n) is 15.7. The summed E-state index contributed by atoms with van der Waals surface area (Å²) in [6.45, 7) is 5.07. The molecule has 7 heteroatoms. The molecule has 2 fully saturated rings. The summed E-state index contributed by atoms with van der Waals surface area (Å²) in [5, 5.41) is 0. The Labute approximate surface area is 159 Å². The van der Waals surface area contributed by atoms with Crippen LogP contribution >= 0.6 is 0 Å². The van der Waals surface area contributed by atoms with Crippen LogP contribution in [0.1, 0.15) is 23.2 Å². The monoisotopic (exact) mass is 367 g/mol. The summed E-state index contributed by atoms with van der Waals surface area (Å²) < 4.78 is 5.16. The molecule has 0 saturated carbocycles. The Morgan fingerprint density at radius 2 is 1.48 bits per heavy atom. The highest BCUT2D eigenvalue weighted by atomic mass is 16.5. The van der Waals surface area contributed by atoms with Crippen LogP contribution in [0.2, 0.25) is 0 Å². The lowest BCUT2D eigenvalue weighted by Gasteiger charge is -2.35. The van der Waals surface area contributed by atoms with Gasteiger partial charge in [-0.2, -0.15) is 0 Å². The Morgan fingerprint density at radius 3 is 2.07 bits per heavy atom. The number of ether oxygens (including phenoxy) is 1. The molecule has 0 spiro atoms. The van der Waals surface area contributed by atoms with Crippen LogP contribution in [0.5, 0.6) is 5.75 Å². The summed E-state index contributed by atoms with van der Waals surface area (Å²) in [6, 6.07) is 9.36. The van der Waals surface area contributed by atoms with Gasteiger partial charge in [-0.05, 0) is 37.1 Å². The van der Waals surface area contributed by atoms with Gasteiger partial charge in [0.2, 0.25) is 0 Å². The number of aromatic nitrogens is 2. The highest BCUT2D eigenvalue weighted by Crippen LogP contribution is 2.22. The van der Waals surface area contributed by atoms with E-state index in [4.69, 9.17) is 4.74 Å². The Kier molecular flexibility index (Phi) is 5.09. The van der Waals surface area contributed by atoms with Crippen LogP contribution in [0.25, 0.3) is 0 Å². The molecule has 0 atom stereocenters. The lowest BCUT2D eigenvalue weighted by Crippen LogP contribution is -2.49. The van der Waals surface area contributed by atoms with E-state index in [2.05, 4.69) is 25.8 Å². The van der Waals surface area contributed by atoms with Gasteiger partial charge in [-0.15, -0.1) is 0 Å². The summed E-state index contributed by atoms with van der Waals surface area (Å²) in [7, 11) is 1.62. The number of anilines is 2. The van der Waals surface area contributed by atoms with E-state index in [-0.39, 0.29) is 5.91 Å². The number of hydrogen-bond acceptors (Lipinski definition) is 6. The van der Waals surface area contributed by atoms with Crippen molar-refractivity contribution in [2.45, 2.75) is 12.8 Å². The van der Waals surface area contributed by atoms with Crippen molar-refractivity contribution in [3.05, 3.63) is 42.2 Å². The number of hydrogen-bond donors (Lipinski definition) is 0. The fourth-order valence-electron chi connectivity index (χ4n) is 3.68. The number of methoxy groups -OCH3 is 1. The minimum Gasteiger partial charge on any atom is -0.497 e. The van der Waals surface area contributed by atoms with Crippen molar-refractivity contribution in [1.29, 1.82) is 0 Å². The number of amides is 1. The van der Waals surface area contributed by atoms with Crippen molar-refractivity contribution in [3.8, 4) is 5.75 Å². The minimum absolute atomic E-state index is 0.0674. The molecule has 142 valence electrons. The number of benzene rings is 1. The van der Waals surface area contributed by atoms with Gasteiger partial charge in [-0.25, -0.2) is 9.97 Å². The SMILES string of the molecule is COc1ccc(C(=O)N2CCN(c3cc(N4CCCC4)ncn3)CC2)cc1. The summed E-state index contributed by atoms with van der Waals surface area (Å²) in [6.07, 6.45) is 4.11. The van der Waals surface area contributed by atoms with Gasteiger partial charge in [0.1, 0.15) is 23.7 Å². The summed E-state index contributed by atoms with van der Waals surface area (Å²) in [4.78, 5) is 28.0. The number of carbonyl (C=O) groups excluding carboxylic acids is 1. The van der Waals surface area contributed by atoms with Gasteiger partial charge in [0, 0.05) is 50.9 Å². The fourth-order valence-corrected chi connectivity index (χ4v) is 3.68. The second-order valence-corrected chi connectivity index (χ2v) is 6.94. The van der Waals surface area contributed by atoms with Crippen molar-refractivity contribution in [2.75, 3.05) is 56.2 Å². The lowest BCUT2D eigenvalue weighted by atomic mass is 10.1. The second-order valence-electron chi connectivity index (χ2n) is 6.94. The third-order valence-electron chi connectivity index (χ3n) is 5.30. The molecule has 2 aliphatic rings. The minimum atomic E-state index is 0.0674. The number of nitrogens with zero attached hydrogens (tertiary/aromatic N) is 5. The topological polar surface area (TPSA) is 61.8 Å². The zero-order chi connectivity index (χ0) is 18.6. The highest BCUT2D eigenvalue weighted by Gasteiger charge is 2.24. The van der Waals surface area contributed by atoms with E-state index in [1.54, 1.807) is 13.4 Å². The van der Waals surface area contributed by atoms with Gasteiger partial charge in [-0.1, -0.05) is 0 Å². The molecule has 27 heavy (non-hydrogen) atoms. The average molecular weight is 367 g/mol. The summed E-state index contributed by atoms with van der Waals surface area (Å²) in [5.74, 6) is 2.78. The maximum Gasteiger partial charge on any atom is 0.253 e. The number of carbonyl (C=O) groups is 1. The molecular weight excluding hydrogens is 342 g/mol. The molecule has 0 aliphatic carbocycles. The van der Waals surface area contributed by atoms with Crippen LogP contribution in [0.15, 0.2) is 36.7 Å². The fraction of sp³-hybridized carbons (Fsp3) is 0.450. The second kappa shape index (κ2) is 7.82. The van der Waals surface area contributed by atoms with Gasteiger partial charge in [0.25, 0.3) is 5.91 Å². The van der Waals surface area contributed by atoms with E-state index in [1.807, 2.05) is 29.2 Å². The Morgan fingerprint density at radius 1 is 0.889 bits per heavy atom. The van der Waals surface area contributed by atoms with E-state index < -0.39 is 0 Å². The molecule has 2 saturated heterocycles. The van der Waals surface area contributed by atoms with Crippen LogP contribution < -0.4 is 14.5 Å². The first-order valence-corrected chi connectivity index (χ1v) is 9.50. The Balaban J connectivity index is 1.38. The maximum atomic E-state index is 12.7. The number of rotatable bonds is 4. The van der Waals surface area contributed by atoms with Crippen LogP contribution in [0, 0.1) is 0 Å². The number of piperazine rings is 1. The summed E-state index contributed by atoms with van der Waals surface area (Å²) >= 11 is 0. The van der Waals surface area contributed by atoms with E-state index in [9.17, 15) is 4.79 Å². The van der Waals surface area contributed by atoms with Crippen LogP contribution in [-0.4, -0.2) is 67.2 Å². The molecule has 2 aliphatic heterocycles. The largest absolute Gasteiger partial charge is 0.497 e. The van der Waals surface area contributed by atoms with Crippen molar-refractivity contribution in [1.82, 2.24) is 14.9 Å². The molecular formula is C20H25N5O2. The smallest absolute Gasteiger partial charge is 0.253 e. The molecule has 0 unspecified atom stereocenters. The molecule has 1 aromatic heterocycles. The molecule has 2 aromatic rings. The molecule has 3 heterocycles. The molecule has 0 bridgehead atoms. The average Bonchev–Trinajstić information content (AvgIpc) is 3.29. The molecule has 0 radical (unpaired) electrons. The zero-order valence-corrected chi connectivity index (χ0v) is 15.7. The predicted molar refractivity (Wildman–Crippen MR) is 105 cm³/mol. The molecule has 1 aromatic carbocycles. The molecule has 4 rings (SSSR count). The van der Waals surface area contributed by atoms with E-state index in [0.717, 1.165) is 43.6 Å². The van der Waals surface area contributed by atoms with Gasteiger partial charge in [-0.3, -0.25) is 4.79 Å².